The van der Waals surface area contributed by atoms with Crippen molar-refractivity contribution in [3.8, 4) is 0 Å². The van der Waals surface area contributed by atoms with Crippen molar-refractivity contribution in [2.45, 2.75) is 30.8 Å². The first-order valence-electron chi connectivity index (χ1n) is 9.65. The molecule has 2 aliphatic rings. The second kappa shape index (κ2) is 7.66. The molecule has 0 radical (unpaired) electrons. The van der Waals surface area contributed by atoms with E-state index in [1.165, 1.54) is 15.9 Å². The molecule has 0 bridgehead atoms. The van der Waals surface area contributed by atoms with Crippen LogP contribution in [-0.2, 0) is 23.0 Å². The number of hydrogen-bond acceptors (Lipinski definition) is 4. The minimum absolute atomic E-state index is 0.0834. The first-order chi connectivity index (χ1) is 13.5. The maximum Gasteiger partial charge on any atom is 0.254 e. The van der Waals surface area contributed by atoms with Crippen molar-refractivity contribution in [1.29, 1.82) is 0 Å². The highest BCUT2D eigenvalue weighted by Gasteiger charge is 2.30. The lowest BCUT2D eigenvalue weighted by molar-refractivity contribution is 0.0655. The van der Waals surface area contributed by atoms with Gasteiger partial charge in [0.1, 0.15) is 0 Å². The average Bonchev–Trinajstić information content (AvgIpc) is 2.73. The Morgan fingerprint density at radius 3 is 2.64 bits per heavy atom. The van der Waals surface area contributed by atoms with Gasteiger partial charge in [-0.15, -0.1) is 0 Å². The van der Waals surface area contributed by atoms with Crippen LogP contribution < -0.4 is 5.32 Å². The summed E-state index contributed by atoms with van der Waals surface area (Å²) in [5.41, 5.74) is 2.66. The second-order valence-electron chi connectivity index (χ2n) is 7.44. The lowest BCUT2D eigenvalue weighted by atomic mass is 10.0. The van der Waals surface area contributed by atoms with Crippen molar-refractivity contribution in [1.82, 2.24) is 14.5 Å². The molecule has 148 valence electrons. The number of benzene rings is 2. The van der Waals surface area contributed by atoms with Gasteiger partial charge in [-0.05, 0) is 42.7 Å². The highest BCUT2D eigenvalue weighted by Crippen LogP contribution is 2.25. The maximum atomic E-state index is 13.2. The van der Waals surface area contributed by atoms with Gasteiger partial charge in [-0.1, -0.05) is 30.3 Å². The van der Waals surface area contributed by atoms with Gasteiger partial charge in [0.05, 0.1) is 4.90 Å². The van der Waals surface area contributed by atoms with E-state index < -0.39 is 10.0 Å². The summed E-state index contributed by atoms with van der Waals surface area (Å²) in [4.78, 5) is 14.9. The van der Waals surface area contributed by atoms with Crippen molar-refractivity contribution in [3.63, 3.8) is 0 Å². The largest absolute Gasteiger partial charge is 0.333 e. The van der Waals surface area contributed by atoms with Crippen molar-refractivity contribution in [2.24, 2.45) is 0 Å². The average molecular weight is 400 g/mol. The van der Waals surface area contributed by atoms with Crippen LogP contribution in [-0.4, -0.2) is 55.8 Å². The third-order valence-electron chi connectivity index (χ3n) is 5.58. The minimum Gasteiger partial charge on any atom is -0.333 e. The first-order valence-corrected chi connectivity index (χ1v) is 11.1. The molecule has 2 aromatic rings. The smallest absolute Gasteiger partial charge is 0.254 e. The Hall–Kier alpha value is -2.22. The summed E-state index contributed by atoms with van der Waals surface area (Å²) in [6.45, 7) is 4.94. The van der Waals surface area contributed by atoms with Crippen LogP contribution in [0, 0.1) is 0 Å². The van der Waals surface area contributed by atoms with Gasteiger partial charge in [0.15, 0.2) is 0 Å². The quantitative estimate of drug-likeness (QED) is 0.856. The Bertz CT molecular complexity index is 990. The van der Waals surface area contributed by atoms with Crippen LogP contribution in [0.3, 0.4) is 0 Å². The van der Waals surface area contributed by atoms with Crippen LogP contribution in [0.2, 0.25) is 0 Å². The van der Waals surface area contributed by atoms with Gasteiger partial charge in [0.2, 0.25) is 10.0 Å². The fourth-order valence-corrected chi connectivity index (χ4v) is 5.39. The molecule has 1 amide bonds. The summed E-state index contributed by atoms with van der Waals surface area (Å²) in [5, 5.41) is 3.26. The number of nitrogens with one attached hydrogen (secondary N) is 1. The minimum atomic E-state index is -3.65. The standard InChI is InChI=1S/C21H25N3O3S/c1-16-14-22-10-12-24(16)21(25)18-7-4-8-20(13-18)28(26,27)23-11-9-17-5-2-3-6-19(17)15-23/h2-8,13,16,22H,9-12,14-15H2,1H3/t16-/m1/s1. The molecule has 28 heavy (non-hydrogen) atoms. The van der Waals surface area contributed by atoms with Gasteiger partial charge in [-0.25, -0.2) is 8.42 Å². The summed E-state index contributed by atoms with van der Waals surface area (Å²) in [6, 6.07) is 14.5. The molecule has 0 unspecified atom stereocenters. The molecule has 1 atom stereocenters. The predicted octanol–water partition coefficient (Wildman–Crippen LogP) is 1.87. The molecule has 0 aliphatic carbocycles. The normalized spacial score (nSPS) is 20.6. The van der Waals surface area contributed by atoms with Crippen LogP contribution in [0.5, 0.6) is 0 Å². The third kappa shape index (κ3) is 3.57. The molecule has 4 rings (SSSR count). The van der Waals surface area contributed by atoms with Crippen LogP contribution in [0.25, 0.3) is 0 Å². The van der Waals surface area contributed by atoms with E-state index >= 15 is 0 Å². The Kier molecular flexibility index (Phi) is 5.23. The van der Waals surface area contributed by atoms with E-state index in [1.807, 2.05) is 31.2 Å². The number of amides is 1. The molecule has 0 saturated carbocycles. The van der Waals surface area contributed by atoms with E-state index in [0.717, 1.165) is 18.7 Å². The molecule has 7 heteroatoms. The fraction of sp³-hybridized carbons (Fsp3) is 0.381. The lowest BCUT2D eigenvalue weighted by Gasteiger charge is -2.34. The number of rotatable bonds is 3. The second-order valence-corrected chi connectivity index (χ2v) is 9.37. The number of carbonyl (C=O) groups is 1. The summed E-state index contributed by atoms with van der Waals surface area (Å²) >= 11 is 0. The van der Waals surface area contributed by atoms with Gasteiger partial charge in [-0.3, -0.25) is 4.79 Å². The summed E-state index contributed by atoms with van der Waals surface area (Å²) in [7, 11) is -3.65. The monoisotopic (exact) mass is 399 g/mol. The molecule has 2 aromatic carbocycles. The summed E-state index contributed by atoms with van der Waals surface area (Å²) in [5.74, 6) is -0.116. The van der Waals surface area contributed by atoms with Crippen LogP contribution in [0.4, 0.5) is 0 Å². The molecule has 2 heterocycles. The topological polar surface area (TPSA) is 69.7 Å². The van der Waals surface area contributed by atoms with Gasteiger partial charge >= 0.3 is 0 Å². The Morgan fingerprint density at radius 2 is 1.86 bits per heavy atom. The van der Waals surface area contributed by atoms with E-state index in [9.17, 15) is 13.2 Å². The van der Waals surface area contributed by atoms with Gasteiger partial charge < -0.3 is 10.2 Å². The molecule has 1 fully saturated rings. The van der Waals surface area contributed by atoms with E-state index in [4.69, 9.17) is 0 Å². The van der Waals surface area contributed by atoms with Crippen molar-refractivity contribution < 1.29 is 13.2 Å². The highest BCUT2D eigenvalue weighted by atomic mass is 32.2. The molecular weight excluding hydrogens is 374 g/mol. The zero-order valence-electron chi connectivity index (χ0n) is 16.0. The van der Waals surface area contributed by atoms with Gasteiger partial charge in [0.25, 0.3) is 5.91 Å². The Balaban J connectivity index is 1.59. The van der Waals surface area contributed by atoms with Crippen LogP contribution >= 0.6 is 0 Å². The lowest BCUT2D eigenvalue weighted by Crippen LogP contribution is -2.52. The first kappa shape index (κ1) is 19.1. The number of fused-ring (bicyclic) bond motifs is 1. The molecule has 1 saturated heterocycles. The molecule has 0 aromatic heterocycles. The van der Waals surface area contributed by atoms with Gasteiger partial charge in [-0.2, -0.15) is 4.31 Å². The number of hydrogen-bond donors (Lipinski definition) is 1. The van der Waals surface area contributed by atoms with E-state index in [1.54, 1.807) is 23.1 Å². The van der Waals surface area contributed by atoms with Crippen molar-refractivity contribution >= 4 is 15.9 Å². The Labute approximate surface area is 166 Å². The number of sulfonamides is 1. The number of nitrogens with zero attached hydrogens (tertiary/aromatic N) is 2. The summed E-state index contributed by atoms with van der Waals surface area (Å²) < 4.78 is 27.9. The molecular formula is C21H25N3O3S. The van der Waals surface area contributed by atoms with Crippen LogP contribution in [0.1, 0.15) is 28.4 Å². The maximum absolute atomic E-state index is 13.2. The van der Waals surface area contributed by atoms with Crippen molar-refractivity contribution in [2.75, 3.05) is 26.2 Å². The number of piperazine rings is 1. The molecule has 1 N–H and O–H groups in total. The molecule has 6 nitrogen and oxygen atoms in total. The SMILES string of the molecule is C[C@@H]1CNCCN1C(=O)c1cccc(S(=O)(=O)N2CCc3ccccc3C2)c1. The van der Waals surface area contributed by atoms with Crippen molar-refractivity contribution in [3.05, 3.63) is 65.2 Å². The highest BCUT2D eigenvalue weighted by molar-refractivity contribution is 7.89. The zero-order valence-corrected chi connectivity index (χ0v) is 16.8. The van der Waals surface area contributed by atoms with E-state index in [-0.39, 0.29) is 16.8 Å². The third-order valence-corrected chi connectivity index (χ3v) is 7.42. The number of carbonyl (C=O) groups excluding carboxylic acids is 1. The molecule has 0 spiro atoms. The van der Waals surface area contributed by atoms with E-state index in [0.29, 0.717) is 31.6 Å². The predicted molar refractivity (Wildman–Crippen MR) is 108 cm³/mol. The fourth-order valence-electron chi connectivity index (χ4n) is 3.92. The van der Waals surface area contributed by atoms with Gasteiger partial charge in [0, 0.05) is 44.3 Å². The van der Waals surface area contributed by atoms with E-state index in [2.05, 4.69) is 5.32 Å². The Morgan fingerprint density at radius 1 is 1.07 bits per heavy atom. The summed E-state index contributed by atoms with van der Waals surface area (Å²) in [6.07, 6.45) is 0.701. The zero-order chi connectivity index (χ0) is 19.7. The van der Waals surface area contributed by atoms with Crippen LogP contribution in [0.15, 0.2) is 53.4 Å². The molecule has 2 aliphatic heterocycles.